The van der Waals surface area contributed by atoms with E-state index in [1.807, 2.05) is 6.92 Å². The number of ether oxygens (including phenoxy) is 2. The lowest BCUT2D eigenvalue weighted by Gasteiger charge is -2.31. The number of aliphatic imine (C=N–C) groups is 1. The molecule has 0 unspecified atom stereocenters. The zero-order valence-corrected chi connectivity index (χ0v) is 17.4. The van der Waals surface area contributed by atoms with Gasteiger partial charge in [0.2, 0.25) is 0 Å². The lowest BCUT2D eigenvalue weighted by Crippen LogP contribution is -2.48. The van der Waals surface area contributed by atoms with E-state index in [9.17, 15) is 4.79 Å². The molecule has 2 saturated heterocycles. The molecule has 0 aromatic rings. The van der Waals surface area contributed by atoms with E-state index in [2.05, 4.69) is 15.2 Å². The average molecular weight is 469 g/mol. The van der Waals surface area contributed by atoms with Crippen LogP contribution in [-0.2, 0) is 9.47 Å². The minimum Gasteiger partial charge on any atom is -0.450 e. The molecule has 2 heterocycles. The number of morpholine rings is 1. The van der Waals surface area contributed by atoms with Crippen LogP contribution >= 0.6 is 24.0 Å². The van der Waals surface area contributed by atoms with Gasteiger partial charge < -0.3 is 25.4 Å². The van der Waals surface area contributed by atoms with E-state index in [-0.39, 0.29) is 36.1 Å². The van der Waals surface area contributed by atoms with Crippen molar-refractivity contribution < 1.29 is 14.3 Å². The van der Waals surface area contributed by atoms with Gasteiger partial charge in [-0.15, -0.1) is 24.0 Å². The first-order chi connectivity index (χ1) is 11.7. The first-order valence-corrected chi connectivity index (χ1v) is 8.97. The van der Waals surface area contributed by atoms with Crippen molar-refractivity contribution in [3.05, 3.63) is 0 Å². The summed E-state index contributed by atoms with van der Waals surface area (Å²) in [6, 6.07) is 0.277. The monoisotopic (exact) mass is 469 g/mol. The molecule has 0 aromatic carbocycles. The normalized spacial score (nSPS) is 20.0. The molecule has 146 valence electrons. The van der Waals surface area contributed by atoms with E-state index >= 15 is 0 Å². The van der Waals surface area contributed by atoms with Crippen molar-refractivity contribution >= 4 is 36.0 Å². The number of nitrogens with two attached hydrogens (primary N) is 1. The third-order valence-electron chi connectivity index (χ3n) is 4.39. The molecule has 0 spiro atoms. The van der Waals surface area contributed by atoms with Crippen LogP contribution in [0.15, 0.2) is 4.99 Å². The number of carbonyl (C=O) groups is 1. The summed E-state index contributed by atoms with van der Waals surface area (Å²) < 4.78 is 10.4. The molecule has 1 amide bonds. The highest BCUT2D eigenvalue weighted by Crippen LogP contribution is 2.11. The number of piperidine rings is 1. The first-order valence-electron chi connectivity index (χ1n) is 8.97. The number of likely N-dealkylation sites (tertiary alicyclic amines) is 1. The molecule has 0 bridgehead atoms. The van der Waals surface area contributed by atoms with Crippen molar-refractivity contribution in [2.75, 3.05) is 59.1 Å². The number of nitrogens with one attached hydrogen (secondary N) is 1. The van der Waals surface area contributed by atoms with E-state index in [0.29, 0.717) is 25.7 Å². The lowest BCUT2D eigenvalue weighted by atomic mass is 10.1. The van der Waals surface area contributed by atoms with Gasteiger partial charge in [-0.25, -0.2) is 4.79 Å². The third-order valence-corrected chi connectivity index (χ3v) is 4.39. The Labute approximate surface area is 167 Å². The predicted octanol–water partition coefficient (Wildman–Crippen LogP) is 0.852. The van der Waals surface area contributed by atoms with Crippen LogP contribution in [0.5, 0.6) is 0 Å². The fraction of sp³-hybridized carbons (Fsp3) is 0.875. The van der Waals surface area contributed by atoms with Gasteiger partial charge >= 0.3 is 6.09 Å². The molecule has 2 rings (SSSR count). The Morgan fingerprint density at radius 3 is 2.60 bits per heavy atom. The van der Waals surface area contributed by atoms with Gasteiger partial charge in [0, 0.05) is 45.3 Å². The minimum absolute atomic E-state index is 0. The van der Waals surface area contributed by atoms with Crippen molar-refractivity contribution in [2.24, 2.45) is 10.7 Å². The van der Waals surface area contributed by atoms with E-state index in [1.54, 1.807) is 4.90 Å². The molecular weight excluding hydrogens is 437 g/mol. The van der Waals surface area contributed by atoms with Crippen molar-refractivity contribution in [1.29, 1.82) is 0 Å². The quantitative estimate of drug-likeness (QED) is 0.260. The molecule has 2 aliphatic heterocycles. The Kier molecular flexibility index (Phi) is 11.1. The molecule has 2 fully saturated rings. The molecule has 25 heavy (non-hydrogen) atoms. The van der Waals surface area contributed by atoms with Crippen LogP contribution in [0, 0.1) is 0 Å². The summed E-state index contributed by atoms with van der Waals surface area (Å²) in [5.74, 6) is 0.506. The number of amides is 1. The van der Waals surface area contributed by atoms with Gasteiger partial charge in [-0.1, -0.05) is 0 Å². The summed E-state index contributed by atoms with van der Waals surface area (Å²) in [4.78, 5) is 20.2. The fourth-order valence-electron chi connectivity index (χ4n) is 2.99. The zero-order chi connectivity index (χ0) is 17.2. The van der Waals surface area contributed by atoms with E-state index in [4.69, 9.17) is 15.2 Å². The van der Waals surface area contributed by atoms with Crippen molar-refractivity contribution in [3.8, 4) is 0 Å². The van der Waals surface area contributed by atoms with Crippen LogP contribution in [0.1, 0.15) is 26.2 Å². The number of hydrogen-bond donors (Lipinski definition) is 2. The maximum absolute atomic E-state index is 11.7. The number of hydrogen-bond acceptors (Lipinski definition) is 5. The van der Waals surface area contributed by atoms with Gasteiger partial charge in [0.25, 0.3) is 0 Å². The third kappa shape index (κ3) is 8.41. The van der Waals surface area contributed by atoms with Gasteiger partial charge in [0.05, 0.1) is 19.8 Å². The Morgan fingerprint density at radius 1 is 1.28 bits per heavy atom. The molecule has 0 aromatic heterocycles. The Balaban J connectivity index is 0.00000312. The second kappa shape index (κ2) is 12.5. The molecule has 8 nitrogen and oxygen atoms in total. The molecule has 3 N–H and O–H groups in total. The van der Waals surface area contributed by atoms with Gasteiger partial charge in [0.1, 0.15) is 0 Å². The summed E-state index contributed by atoms with van der Waals surface area (Å²) in [6.45, 7) is 9.09. The average Bonchev–Trinajstić information content (AvgIpc) is 2.60. The largest absolute Gasteiger partial charge is 0.450 e. The Morgan fingerprint density at radius 2 is 1.96 bits per heavy atom. The van der Waals surface area contributed by atoms with Crippen LogP contribution in [0.4, 0.5) is 4.79 Å². The Hall–Kier alpha value is -0.810. The highest BCUT2D eigenvalue weighted by Gasteiger charge is 2.23. The smallest absolute Gasteiger partial charge is 0.409 e. The summed E-state index contributed by atoms with van der Waals surface area (Å²) >= 11 is 0. The summed E-state index contributed by atoms with van der Waals surface area (Å²) in [6.07, 6.45) is 2.51. The SMILES string of the molecule is CCOC(=O)N1CCC(NC(N)=NCCCN2CCOCC2)CC1.I. The number of halogens is 1. The number of carbonyl (C=O) groups excluding carboxylic acids is 1. The van der Waals surface area contributed by atoms with Crippen LogP contribution in [0.25, 0.3) is 0 Å². The van der Waals surface area contributed by atoms with Crippen molar-refractivity contribution in [2.45, 2.75) is 32.2 Å². The topological polar surface area (TPSA) is 92.4 Å². The minimum atomic E-state index is -0.222. The molecule has 2 aliphatic rings. The summed E-state index contributed by atoms with van der Waals surface area (Å²) in [7, 11) is 0. The van der Waals surface area contributed by atoms with Crippen LogP contribution < -0.4 is 11.1 Å². The zero-order valence-electron chi connectivity index (χ0n) is 15.1. The van der Waals surface area contributed by atoms with Gasteiger partial charge in [-0.05, 0) is 26.2 Å². The highest BCUT2D eigenvalue weighted by molar-refractivity contribution is 14.0. The molecule has 9 heteroatoms. The van der Waals surface area contributed by atoms with Crippen LogP contribution in [-0.4, -0.2) is 87.0 Å². The van der Waals surface area contributed by atoms with Crippen molar-refractivity contribution in [1.82, 2.24) is 15.1 Å². The number of rotatable bonds is 6. The van der Waals surface area contributed by atoms with Crippen LogP contribution in [0.2, 0.25) is 0 Å². The van der Waals surface area contributed by atoms with Crippen LogP contribution in [0.3, 0.4) is 0 Å². The molecule has 0 saturated carbocycles. The van der Waals surface area contributed by atoms with Gasteiger partial charge in [0.15, 0.2) is 5.96 Å². The molecule has 0 atom stereocenters. The Bertz CT molecular complexity index is 411. The molecule has 0 radical (unpaired) electrons. The fourth-order valence-corrected chi connectivity index (χ4v) is 2.99. The molecular formula is C16H32IN5O3. The van der Waals surface area contributed by atoms with E-state index in [1.165, 1.54) is 0 Å². The standard InChI is InChI=1S/C16H31N5O3.HI/c1-2-24-16(22)21-8-4-14(5-9-21)19-15(17)18-6-3-7-20-10-12-23-13-11-20;/h14H,2-13H2,1H3,(H3,17,18,19);1H. The first kappa shape index (κ1) is 22.2. The second-order valence-corrected chi connectivity index (χ2v) is 6.18. The lowest BCUT2D eigenvalue weighted by molar-refractivity contribution is 0.0377. The highest BCUT2D eigenvalue weighted by atomic mass is 127. The van der Waals surface area contributed by atoms with Gasteiger partial charge in [-0.3, -0.25) is 9.89 Å². The number of guanidine groups is 1. The maximum atomic E-state index is 11.7. The summed E-state index contributed by atoms with van der Waals surface area (Å²) in [5.41, 5.74) is 5.97. The predicted molar refractivity (Wildman–Crippen MR) is 109 cm³/mol. The maximum Gasteiger partial charge on any atom is 0.409 e. The van der Waals surface area contributed by atoms with E-state index in [0.717, 1.165) is 58.7 Å². The summed E-state index contributed by atoms with van der Waals surface area (Å²) in [5, 5.41) is 3.26. The van der Waals surface area contributed by atoms with Crippen molar-refractivity contribution in [3.63, 3.8) is 0 Å². The van der Waals surface area contributed by atoms with E-state index < -0.39 is 0 Å². The molecule has 0 aliphatic carbocycles. The number of nitrogens with zero attached hydrogens (tertiary/aromatic N) is 3. The second-order valence-electron chi connectivity index (χ2n) is 6.18. The van der Waals surface area contributed by atoms with Gasteiger partial charge in [-0.2, -0.15) is 0 Å².